The van der Waals surface area contributed by atoms with Crippen LogP contribution in [0.15, 0.2) is 34.4 Å². The molecule has 3 rings (SSSR count). The van der Waals surface area contributed by atoms with Crippen molar-refractivity contribution in [2.75, 3.05) is 0 Å². The van der Waals surface area contributed by atoms with E-state index in [2.05, 4.69) is 31.5 Å². The molecular weight excluding hydrogens is 366 g/mol. The van der Waals surface area contributed by atoms with E-state index in [-0.39, 0.29) is 11.8 Å². The lowest BCUT2D eigenvalue weighted by molar-refractivity contribution is 0.0943. The van der Waals surface area contributed by atoms with Gasteiger partial charge in [0.15, 0.2) is 3.92 Å². The van der Waals surface area contributed by atoms with Gasteiger partial charge in [0.05, 0.1) is 6.20 Å². The van der Waals surface area contributed by atoms with Crippen LogP contribution < -0.4 is 10.6 Å². The maximum atomic E-state index is 11.9. The molecule has 114 valence electrons. The van der Waals surface area contributed by atoms with Gasteiger partial charge in [0, 0.05) is 18.2 Å². The zero-order valence-electron chi connectivity index (χ0n) is 11.6. The zero-order valence-corrected chi connectivity index (χ0v) is 14.0. The van der Waals surface area contributed by atoms with Gasteiger partial charge in [0.1, 0.15) is 4.88 Å². The largest absolute Gasteiger partial charge is 0.349 e. The number of nitrogens with one attached hydrogen (secondary N) is 2. The first-order valence-electron chi connectivity index (χ1n) is 6.91. The summed E-state index contributed by atoms with van der Waals surface area (Å²) in [6, 6.07) is 7.62. The molecule has 1 aliphatic rings. The Labute approximate surface area is 140 Å². The highest BCUT2D eigenvalue weighted by atomic mass is 79.9. The van der Waals surface area contributed by atoms with Gasteiger partial charge in [-0.25, -0.2) is 4.98 Å². The van der Waals surface area contributed by atoms with Crippen LogP contribution in [0, 0.1) is 0 Å². The summed E-state index contributed by atoms with van der Waals surface area (Å²) in [7, 11) is 0. The molecule has 0 aliphatic heterocycles. The third kappa shape index (κ3) is 3.92. The molecule has 0 unspecified atom stereocenters. The number of hydrogen-bond donors (Lipinski definition) is 2. The quantitative estimate of drug-likeness (QED) is 0.838. The molecule has 2 N–H and O–H groups in total. The average molecular weight is 380 g/mol. The van der Waals surface area contributed by atoms with Crippen molar-refractivity contribution in [3.63, 3.8) is 0 Å². The highest BCUT2D eigenvalue weighted by Crippen LogP contribution is 2.20. The molecule has 0 radical (unpaired) electrons. The van der Waals surface area contributed by atoms with Crippen molar-refractivity contribution >= 4 is 39.1 Å². The molecule has 2 amide bonds. The van der Waals surface area contributed by atoms with Gasteiger partial charge in [-0.05, 0) is 46.5 Å². The van der Waals surface area contributed by atoms with Crippen molar-refractivity contribution in [2.24, 2.45) is 0 Å². The van der Waals surface area contributed by atoms with Crippen LogP contribution in [0.3, 0.4) is 0 Å². The van der Waals surface area contributed by atoms with Crippen LogP contribution in [0.4, 0.5) is 0 Å². The molecule has 2 aromatic rings. The van der Waals surface area contributed by atoms with Crippen molar-refractivity contribution in [1.29, 1.82) is 0 Å². The first-order valence-corrected chi connectivity index (χ1v) is 8.52. The Morgan fingerprint density at radius 3 is 2.55 bits per heavy atom. The second-order valence-electron chi connectivity index (χ2n) is 5.10. The zero-order chi connectivity index (χ0) is 15.5. The van der Waals surface area contributed by atoms with Crippen molar-refractivity contribution in [3.05, 3.63) is 50.4 Å². The maximum absolute atomic E-state index is 11.9. The smallest absolute Gasteiger partial charge is 0.263 e. The number of rotatable bonds is 5. The number of carbonyl (C=O) groups is 2. The summed E-state index contributed by atoms with van der Waals surface area (Å²) in [5.41, 5.74) is 1.59. The lowest BCUT2D eigenvalue weighted by Gasteiger charge is -2.06. The summed E-state index contributed by atoms with van der Waals surface area (Å²) in [6.07, 6.45) is 3.68. The maximum Gasteiger partial charge on any atom is 0.263 e. The van der Waals surface area contributed by atoms with Crippen LogP contribution >= 0.6 is 27.3 Å². The fourth-order valence-electron chi connectivity index (χ4n) is 1.90. The third-order valence-corrected chi connectivity index (χ3v) is 4.76. The van der Waals surface area contributed by atoms with Gasteiger partial charge < -0.3 is 10.6 Å². The Bertz CT molecular complexity index is 695. The van der Waals surface area contributed by atoms with E-state index in [4.69, 9.17) is 0 Å². The molecule has 0 spiro atoms. The molecule has 5 nitrogen and oxygen atoms in total. The molecule has 7 heteroatoms. The molecule has 1 saturated carbocycles. The van der Waals surface area contributed by atoms with E-state index in [0.717, 1.165) is 18.4 Å². The molecule has 22 heavy (non-hydrogen) atoms. The Morgan fingerprint density at radius 1 is 1.23 bits per heavy atom. The van der Waals surface area contributed by atoms with Gasteiger partial charge in [-0.3, -0.25) is 9.59 Å². The second kappa shape index (κ2) is 6.58. The van der Waals surface area contributed by atoms with Gasteiger partial charge in [0.2, 0.25) is 0 Å². The molecule has 1 heterocycles. The van der Waals surface area contributed by atoms with Gasteiger partial charge in [-0.15, -0.1) is 11.3 Å². The average Bonchev–Trinajstić information content (AvgIpc) is 3.23. The molecule has 1 aliphatic carbocycles. The second-order valence-corrected chi connectivity index (χ2v) is 7.41. The van der Waals surface area contributed by atoms with Gasteiger partial charge in [0.25, 0.3) is 11.8 Å². The van der Waals surface area contributed by atoms with Crippen molar-refractivity contribution in [3.8, 4) is 0 Å². The van der Waals surface area contributed by atoms with E-state index in [1.165, 1.54) is 17.5 Å². The predicted octanol–water partition coefficient (Wildman–Crippen LogP) is 2.73. The van der Waals surface area contributed by atoms with Gasteiger partial charge in [-0.2, -0.15) is 0 Å². The number of aromatic nitrogens is 1. The number of benzene rings is 1. The molecule has 1 aromatic carbocycles. The summed E-state index contributed by atoms with van der Waals surface area (Å²) in [5, 5.41) is 5.77. The summed E-state index contributed by atoms with van der Waals surface area (Å²) in [4.78, 5) is 28.3. The minimum Gasteiger partial charge on any atom is -0.349 e. The van der Waals surface area contributed by atoms with Gasteiger partial charge in [-0.1, -0.05) is 12.1 Å². The summed E-state index contributed by atoms with van der Waals surface area (Å²) in [5.74, 6) is -0.189. The van der Waals surface area contributed by atoms with Crippen LogP contribution in [0.5, 0.6) is 0 Å². The van der Waals surface area contributed by atoms with E-state index in [0.29, 0.717) is 26.9 Å². The number of nitrogens with zero attached hydrogens (tertiary/aromatic N) is 1. The van der Waals surface area contributed by atoms with E-state index in [1.54, 1.807) is 12.1 Å². The number of thiazole rings is 1. The van der Waals surface area contributed by atoms with Gasteiger partial charge >= 0.3 is 0 Å². The first-order chi connectivity index (χ1) is 10.6. The minimum atomic E-state index is -0.154. The topological polar surface area (TPSA) is 71.1 Å². The van der Waals surface area contributed by atoms with Crippen LogP contribution in [0.2, 0.25) is 0 Å². The monoisotopic (exact) mass is 379 g/mol. The highest BCUT2D eigenvalue weighted by Gasteiger charge is 2.23. The third-order valence-electron chi connectivity index (χ3n) is 3.28. The number of carbonyl (C=O) groups excluding carboxylic acids is 2. The van der Waals surface area contributed by atoms with Crippen LogP contribution in [-0.2, 0) is 6.54 Å². The first kappa shape index (κ1) is 15.2. The fourth-order valence-corrected chi connectivity index (χ4v) is 3.08. The number of hydrogen-bond acceptors (Lipinski definition) is 4. The molecule has 1 fully saturated rings. The number of halogens is 1. The van der Waals surface area contributed by atoms with E-state index in [9.17, 15) is 9.59 Å². The van der Waals surface area contributed by atoms with Crippen molar-refractivity contribution in [2.45, 2.75) is 25.4 Å². The summed E-state index contributed by atoms with van der Waals surface area (Å²) < 4.78 is 0.684. The highest BCUT2D eigenvalue weighted by molar-refractivity contribution is 9.11. The van der Waals surface area contributed by atoms with E-state index >= 15 is 0 Å². The number of amides is 2. The minimum absolute atomic E-state index is 0.0346. The van der Waals surface area contributed by atoms with Crippen LogP contribution in [0.1, 0.15) is 38.4 Å². The fraction of sp³-hybridized carbons (Fsp3) is 0.267. The molecule has 0 bridgehead atoms. The molecular formula is C15H14BrN3O2S. The summed E-state index contributed by atoms with van der Waals surface area (Å²) in [6.45, 7) is 0.416. The SMILES string of the molecule is O=C(NC1CC1)c1ccc(CNC(=O)c2cnc(Br)s2)cc1. The normalized spacial score (nSPS) is 13.7. The van der Waals surface area contributed by atoms with Crippen LogP contribution in [-0.4, -0.2) is 22.8 Å². The van der Waals surface area contributed by atoms with Crippen LogP contribution in [0.25, 0.3) is 0 Å². The summed E-state index contributed by atoms with van der Waals surface area (Å²) >= 11 is 4.52. The van der Waals surface area contributed by atoms with E-state index in [1.807, 2.05) is 12.1 Å². The lowest BCUT2D eigenvalue weighted by atomic mass is 10.1. The molecule has 0 saturated heterocycles. The predicted molar refractivity (Wildman–Crippen MR) is 87.9 cm³/mol. The van der Waals surface area contributed by atoms with Crippen molar-refractivity contribution in [1.82, 2.24) is 15.6 Å². The standard InChI is InChI=1S/C15H14BrN3O2S/c16-15-18-8-12(22-15)14(21)17-7-9-1-3-10(4-2-9)13(20)19-11-5-6-11/h1-4,8,11H,5-7H2,(H,17,21)(H,19,20). The lowest BCUT2D eigenvalue weighted by Crippen LogP contribution is -2.25. The van der Waals surface area contributed by atoms with Crippen molar-refractivity contribution < 1.29 is 9.59 Å². The molecule has 0 atom stereocenters. The Morgan fingerprint density at radius 2 is 1.95 bits per heavy atom. The van der Waals surface area contributed by atoms with E-state index < -0.39 is 0 Å². The Hall–Kier alpha value is -1.73. The Balaban J connectivity index is 1.54. The Kier molecular flexibility index (Phi) is 4.54. The molecule has 1 aromatic heterocycles.